The minimum Gasteiger partial charge on any atom is -0.483 e. The molecule has 1 aromatic carbocycles. The van der Waals surface area contributed by atoms with Gasteiger partial charge in [0.25, 0.3) is 0 Å². The molecule has 10 N–H and O–H groups in total. The highest BCUT2D eigenvalue weighted by Gasteiger charge is 2.50. The number of nitrogens with zero attached hydrogens (tertiary/aromatic N) is 4. The van der Waals surface area contributed by atoms with Crippen LogP contribution in [0.5, 0.6) is 5.75 Å². The molecular formula is C34H46Cl2N7O19P3S. The Balaban J connectivity index is 1.17. The van der Waals surface area contributed by atoms with E-state index in [1.54, 1.807) is 6.92 Å². The fourth-order valence-electron chi connectivity index (χ4n) is 5.64. The summed E-state index contributed by atoms with van der Waals surface area (Å²) < 4.78 is 67.7. The quantitative estimate of drug-likeness (QED) is 0.0254. The largest absolute Gasteiger partial charge is 0.483 e. The van der Waals surface area contributed by atoms with Crippen molar-refractivity contribution >= 4 is 98.1 Å². The third kappa shape index (κ3) is 15.3. The van der Waals surface area contributed by atoms with E-state index in [-0.39, 0.29) is 69.4 Å². The van der Waals surface area contributed by atoms with Crippen molar-refractivity contribution in [2.45, 2.75) is 64.3 Å². The van der Waals surface area contributed by atoms with Crippen LogP contribution in [-0.2, 0) is 50.7 Å². The zero-order chi connectivity index (χ0) is 49.4. The zero-order valence-corrected chi connectivity index (χ0v) is 39.9. The lowest BCUT2D eigenvalue weighted by Gasteiger charge is -2.30. The van der Waals surface area contributed by atoms with E-state index in [2.05, 4.69) is 41.0 Å². The highest BCUT2D eigenvalue weighted by atomic mass is 35.5. The van der Waals surface area contributed by atoms with E-state index in [1.165, 1.54) is 26.0 Å². The Hall–Kier alpha value is -3.43. The monoisotopic (exact) mass is 1050 g/mol. The minimum atomic E-state index is -5.61. The Kier molecular flexibility index (Phi) is 19.4. The molecule has 4 rings (SSSR count). The number of aliphatic hydroxyl groups is 2. The average Bonchev–Trinajstić information content (AvgIpc) is 3.80. The Morgan fingerprint density at radius 1 is 1.03 bits per heavy atom. The predicted octanol–water partition coefficient (Wildman–Crippen LogP) is 2.20. The number of carbonyl (C=O) groups excluding carboxylic acids is 4. The van der Waals surface area contributed by atoms with Gasteiger partial charge in [-0.3, -0.25) is 37.3 Å². The van der Waals surface area contributed by atoms with Gasteiger partial charge in [0, 0.05) is 36.2 Å². The van der Waals surface area contributed by atoms with E-state index < -0.39 is 96.3 Å². The standard InChI is InChI=1S/C34H46Cl2N7O19P3S/c1-5-17(2)26(46)18-6-7-19(24(36)23(18)35)57-13-22(45)66-11-10-38-21(44)8-9-39-32(49)29(48)34(3,4)14-59-65(55,56)62-64(53,54)58-12-20-28(61-63(50,51)52)27(47)33(60-20)43-16-42-25-30(37)40-15-41-31(25)43/h6-7,15-16,20,27-29,33,47-48H,2,5,8-14H2,1,3-4H3,(H,38,44)(H,39,49)(H,53,54)(H,55,56)(H2,37,40,41)(H2,50,51,52). The third-order valence-electron chi connectivity index (χ3n) is 9.15. The van der Waals surface area contributed by atoms with Crippen molar-refractivity contribution in [1.29, 1.82) is 0 Å². The summed E-state index contributed by atoms with van der Waals surface area (Å²) >= 11 is 13.3. The van der Waals surface area contributed by atoms with Crippen molar-refractivity contribution in [2.24, 2.45) is 5.41 Å². The summed E-state index contributed by atoms with van der Waals surface area (Å²) in [5.74, 6) is -1.75. The number of nitrogens with one attached hydrogen (secondary N) is 2. The van der Waals surface area contributed by atoms with Crippen molar-refractivity contribution in [2.75, 3.05) is 44.4 Å². The van der Waals surface area contributed by atoms with Crippen LogP contribution < -0.4 is 21.1 Å². The van der Waals surface area contributed by atoms with E-state index in [0.717, 1.165) is 29.0 Å². The number of halogens is 2. The molecule has 0 spiro atoms. The highest BCUT2D eigenvalue weighted by Crippen LogP contribution is 2.61. The number of allylic oxidation sites excluding steroid dienone is 1. The fourth-order valence-corrected chi connectivity index (χ4v) is 9.51. The van der Waals surface area contributed by atoms with Crippen LogP contribution in [0.4, 0.5) is 5.82 Å². The number of phosphoric acid groups is 3. The van der Waals surface area contributed by atoms with Crippen LogP contribution in [0.1, 0.15) is 50.2 Å². The number of amides is 2. The van der Waals surface area contributed by atoms with Crippen molar-refractivity contribution in [1.82, 2.24) is 30.2 Å². The van der Waals surface area contributed by atoms with Gasteiger partial charge in [-0.15, -0.1) is 0 Å². The van der Waals surface area contributed by atoms with E-state index in [1.807, 2.05) is 0 Å². The number of Topliss-reactive ketones (excluding diaryl/α,β-unsaturated/α-hetero) is 1. The second kappa shape index (κ2) is 23.2. The van der Waals surface area contributed by atoms with Gasteiger partial charge >= 0.3 is 23.5 Å². The molecule has 7 unspecified atom stereocenters. The number of ketones is 1. The van der Waals surface area contributed by atoms with Gasteiger partial charge in [-0.25, -0.2) is 28.6 Å². The molecule has 366 valence electrons. The van der Waals surface area contributed by atoms with Gasteiger partial charge in [-0.1, -0.05) is 62.3 Å². The summed E-state index contributed by atoms with van der Waals surface area (Å²) in [6.07, 6.45) is -6.74. The molecular weight excluding hydrogens is 1010 g/mol. The lowest BCUT2D eigenvalue weighted by molar-refractivity contribution is -0.137. The number of anilines is 1. The van der Waals surface area contributed by atoms with Crippen molar-refractivity contribution in [3.8, 4) is 5.75 Å². The second-order valence-corrected chi connectivity index (χ2v) is 20.7. The van der Waals surface area contributed by atoms with Crippen molar-refractivity contribution in [3.63, 3.8) is 0 Å². The minimum absolute atomic E-state index is 0.0161. The molecule has 2 aromatic heterocycles. The number of nitrogens with two attached hydrogens (primary N) is 1. The summed E-state index contributed by atoms with van der Waals surface area (Å²) in [7, 11) is -16.5. The number of fused-ring (bicyclic) bond motifs is 1. The van der Waals surface area contributed by atoms with Crippen molar-refractivity contribution < 1.29 is 90.0 Å². The lowest BCUT2D eigenvalue weighted by atomic mass is 9.87. The summed E-state index contributed by atoms with van der Waals surface area (Å²) in [5, 5.41) is 25.9. The van der Waals surface area contributed by atoms with E-state index in [0.29, 0.717) is 12.0 Å². The number of hydrogen-bond donors (Lipinski definition) is 9. The van der Waals surface area contributed by atoms with Crippen LogP contribution in [0.25, 0.3) is 11.2 Å². The summed E-state index contributed by atoms with van der Waals surface area (Å²) in [6.45, 7) is 5.21. The zero-order valence-electron chi connectivity index (χ0n) is 34.9. The molecule has 1 aliphatic heterocycles. The summed E-state index contributed by atoms with van der Waals surface area (Å²) in [4.78, 5) is 101. The topological polar surface area (TPSA) is 390 Å². The molecule has 0 bridgehead atoms. The molecule has 3 heterocycles. The van der Waals surface area contributed by atoms with Crippen LogP contribution in [0.2, 0.25) is 10.0 Å². The third-order valence-corrected chi connectivity index (χ3v) is 14.0. The maximum atomic E-state index is 12.7. The van der Waals surface area contributed by atoms with Gasteiger partial charge in [0.15, 0.2) is 30.1 Å². The number of aliphatic hydroxyl groups excluding tert-OH is 2. The van der Waals surface area contributed by atoms with Crippen LogP contribution in [0, 0.1) is 5.41 Å². The number of rotatable bonds is 25. The van der Waals surface area contributed by atoms with Crippen LogP contribution in [0.3, 0.4) is 0 Å². The molecule has 0 radical (unpaired) electrons. The maximum Gasteiger partial charge on any atom is 0.481 e. The van der Waals surface area contributed by atoms with Gasteiger partial charge in [0.2, 0.25) is 16.9 Å². The number of imidazole rings is 1. The predicted molar refractivity (Wildman–Crippen MR) is 233 cm³/mol. The molecule has 32 heteroatoms. The Labute approximate surface area is 389 Å². The Bertz CT molecular complexity index is 2450. The maximum absolute atomic E-state index is 12.7. The first kappa shape index (κ1) is 55.2. The van der Waals surface area contributed by atoms with E-state index >= 15 is 0 Å². The number of hydrogen-bond acceptors (Lipinski definition) is 20. The Morgan fingerprint density at radius 2 is 1.71 bits per heavy atom. The van der Waals surface area contributed by atoms with Crippen LogP contribution in [0.15, 0.2) is 36.9 Å². The molecule has 7 atom stereocenters. The van der Waals surface area contributed by atoms with Gasteiger partial charge in [-0.2, -0.15) is 4.31 Å². The molecule has 0 aliphatic carbocycles. The van der Waals surface area contributed by atoms with Gasteiger partial charge in [0.05, 0.1) is 24.6 Å². The number of benzene rings is 1. The fraction of sp³-hybridized carbons (Fsp3) is 0.500. The summed E-state index contributed by atoms with van der Waals surface area (Å²) in [6, 6.07) is 2.82. The first-order valence-corrected chi connectivity index (χ1v) is 25.3. The molecule has 2 amide bonds. The van der Waals surface area contributed by atoms with Crippen LogP contribution in [-0.4, -0.2) is 135 Å². The smallest absolute Gasteiger partial charge is 0.481 e. The van der Waals surface area contributed by atoms with Crippen LogP contribution >= 0.6 is 58.4 Å². The molecule has 26 nitrogen and oxygen atoms in total. The first-order chi connectivity index (χ1) is 30.7. The number of nitrogen functional groups attached to an aromatic ring is 1. The molecule has 66 heavy (non-hydrogen) atoms. The van der Waals surface area contributed by atoms with Gasteiger partial charge in [0.1, 0.15) is 47.0 Å². The highest BCUT2D eigenvalue weighted by molar-refractivity contribution is 8.13. The molecule has 1 fully saturated rings. The van der Waals surface area contributed by atoms with Gasteiger partial charge in [-0.05, 0) is 24.1 Å². The van der Waals surface area contributed by atoms with E-state index in [4.69, 9.17) is 47.5 Å². The average molecular weight is 1050 g/mol. The number of ether oxygens (including phenoxy) is 2. The Morgan fingerprint density at radius 3 is 2.38 bits per heavy atom. The summed E-state index contributed by atoms with van der Waals surface area (Å²) in [5.41, 5.74) is 4.68. The number of phosphoric ester groups is 3. The van der Waals surface area contributed by atoms with Gasteiger partial charge < -0.3 is 55.6 Å². The van der Waals surface area contributed by atoms with E-state index in [9.17, 15) is 62.7 Å². The molecule has 0 saturated carbocycles. The first-order valence-electron chi connectivity index (χ1n) is 19.0. The number of carbonyl (C=O) groups is 4. The lowest BCUT2D eigenvalue weighted by Crippen LogP contribution is -2.46. The number of aromatic nitrogens is 4. The SMILES string of the molecule is C=C(CC)C(=O)c1ccc(OCC(=O)SCCNC(=O)CCNC(=O)C(O)C(C)(C)COP(=O)(O)OP(=O)(O)OCC2OC(n3cnc4c(N)ncnc43)C(O)C2OP(=O)(O)O)c(Cl)c1Cl. The number of thioether (sulfide) groups is 1. The molecule has 1 saturated heterocycles. The van der Waals surface area contributed by atoms with Crippen molar-refractivity contribution in [3.05, 3.63) is 52.5 Å². The molecule has 1 aliphatic rings. The molecule has 3 aromatic rings. The normalized spacial score (nSPS) is 20.0. The second-order valence-electron chi connectivity index (χ2n) is 14.6.